The Balaban J connectivity index is 1.32. The Kier molecular flexibility index (Phi) is 6.92. The van der Waals surface area contributed by atoms with Crippen LogP contribution in [0.2, 0.25) is 0 Å². The summed E-state index contributed by atoms with van der Waals surface area (Å²) in [6.07, 6.45) is 3.35. The van der Waals surface area contributed by atoms with Gasteiger partial charge < -0.3 is 19.4 Å². The molecule has 10 heteroatoms. The van der Waals surface area contributed by atoms with Gasteiger partial charge in [0.05, 0.1) is 31.1 Å². The van der Waals surface area contributed by atoms with Crippen LogP contribution >= 0.6 is 0 Å². The average Bonchev–Trinajstić information content (AvgIpc) is 3.40. The number of nitrogens with zero attached hydrogens (tertiary/aromatic N) is 6. The molecule has 1 amide bonds. The number of pyridine rings is 1. The number of halogens is 1. The molecule has 0 aliphatic carbocycles. The molecule has 0 unspecified atom stereocenters. The van der Waals surface area contributed by atoms with Crippen molar-refractivity contribution in [2.45, 2.75) is 25.5 Å². The predicted molar refractivity (Wildman–Crippen MR) is 139 cm³/mol. The zero-order valence-electron chi connectivity index (χ0n) is 21.3. The van der Waals surface area contributed by atoms with Crippen LogP contribution in [0.4, 0.5) is 16.0 Å². The van der Waals surface area contributed by atoms with Crippen LogP contribution in [0.15, 0.2) is 53.6 Å². The van der Waals surface area contributed by atoms with Gasteiger partial charge in [-0.15, -0.1) is 0 Å². The van der Waals surface area contributed by atoms with Crippen LogP contribution in [0, 0.1) is 5.82 Å². The fourth-order valence-electron chi connectivity index (χ4n) is 5.01. The highest BCUT2D eigenvalue weighted by Crippen LogP contribution is 2.29. The molecule has 194 valence electrons. The summed E-state index contributed by atoms with van der Waals surface area (Å²) in [6, 6.07) is 11.4. The lowest BCUT2D eigenvalue weighted by molar-refractivity contribution is -0.129. The van der Waals surface area contributed by atoms with E-state index in [2.05, 4.69) is 39.1 Å². The molecule has 2 aliphatic rings. The van der Waals surface area contributed by atoms with E-state index in [4.69, 9.17) is 4.74 Å². The number of hydrogen-bond acceptors (Lipinski definition) is 7. The number of hydrogen-bond donors (Lipinski definition) is 0. The van der Waals surface area contributed by atoms with E-state index in [-0.39, 0.29) is 34.9 Å². The molecule has 9 nitrogen and oxygen atoms in total. The molecule has 2 fully saturated rings. The van der Waals surface area contributed by atoms with Crippen molar-refractivity contribution in [3.05, 3.63) is 70.5 Å². The molecule has 2 aromatic heterocycles. The molecule has 0 spiro atoms. The van der Waals surface area contributed by atoms with E-state index in [1.807, 2.05) is 16.8 Å². The molecule has 5 rings (SSSR count). The third-order valence-electron chi connectivity index (χ3n) is 7.35. The summed E-state index contributed by atoms with van der Waals surface area (Å²) in [5.41, 5.74) is 2.42. The Morgan fingerprint density at radius 3 is 2.65 bits per heavy atom. The molecule has 1 aromatic carbocycles. The van der Waals surface area contributed by atoms with Crippen molar-refractivity contribution in [2.24, 2.45) is 7.05 Å². The smallest absolute Gasteiger partial charge is 0.255 e. The summed E-state index contributed by atoms with van der Waals surface area (Å²) in [6.45, 7) is 4.88. The van der Waals surface area contributed by atoms with Crippen LogP contribution in [-0.2, 0) is 16.6 Å². The van der Waals surface area contributed by atoms with E-state index >= 15 is 0 Å². The number of anilines is 2. The quantitative estimate of drug-likeness (QED) is 0.526. The van der Waals surface area contributed by atoms with Crippen LogP contribution in [0.3, 0.4) is 0 Å². The van der Waals surface area contributed by atoms with Crippen molar-refractivity contribution in [2.75, 3.05) is 49.6 Å². The first kappa shape index (κ1) is 24.9. The highest BCUT2D eigenvalue weighted by atomic mass is 19.1. The normalized spacial score (nSPS) is 19.8. The van der Waals surface area contributed by atoms with Gasteiger partial charge in [-0.1, -0.05) is 12.1 Å². The highest BCUT2D eigenvalue weighted by Gasteiger charge is 2.28. The maximum absolute atomic E-state index is 14.3. The standard InChI is InChI=1S/C27H31FN6O3/c1-18(35)31(2)21-9-11-33(16-21)20-6-4-19(5-7-20)25-17-34(12-13-37-25)27-30-24(14-26(36)32(27)3)22-8-10-29-15-23(22)28/h4-8,10,14-15,21,25H,9,11-13,16-17H2,1-3H3/t21-,25-/m1/s1. The minimum atomic E-state index is -0.522. The number of carbonyl (C=O) groups excluding carboxylic acids is 1. The predicted octanol–water partition coefficient (Wildman–Crippen LogP) is 2.62. The molecular formula is C27H31FN6O3. The third kappa shape index (κ3) is 5.06. The molecule has 2 aliphatic heterocycles. The number of rotatable bonds is 5. The number of likely N-dealkylation sites (N-methyl/N-ethyl adjacent to an activating group) is 1. The topological polar surface area (TPSA) is 83.8 Å². The van der Waals surface area contributed by atoms with Crippen molar-refractivity contribution < 1.29 is 13.9 Å². The number of carbonyl (C=O) groups is 1. The Bertz CT molecular complexity index is 1340. The lowest BCUT2D eigenvalue weighted by Crippen LogP contribution is -2.41. The average molecular weight is 507 g/mol. The van der Waals surface area contributed by atoms with E-state index in [1.54, 1.807) is 14.0 Å². The minimum absolute atomic E-state index is 0.0876. The van der Waals surface area contributed by atoms with Gasteiger partial charge in [-0.25, -0.2) is 9.37 Å². The molecule has 2 saturated heterocycles. The van der Waals surface area contributed by atoms with E-state index < -0.39 is 5.82 Å². The summed E-state index contributed by atoms with van der Waals surface area (Å²) in [7, 11) is 3.53. The van der Waals surface area contributed by atoms with Gasteiger partial charge in [0.25, 0.3) is 5.56 Å². The van der Waals surface area contributed by atoms with Crippen LogP contribution in [-0.4, -0.2) is 71.2 Å². The van der Waals surface area contributed by atoms with E-state index in [9.17, 15) is 14.0 Å². The van der Waals surface area contributed by atoms with E-state index in [1.165, 1.54) is 22.9 Å². The maximum atomic E-state index is 14.3. The van der Waals surface area contributed by atoms with Crippen molar-refractivity contribution in [1.29, 1.82) is 0 Å². The van der Waals surface area contributed by atoms with Gasteiger partial charge in [-0.3, -0.25) is 19.1 Å². The van der Waals surface area contributed by atoms with Gasteiger partial charge in [0.2, 0.25) is 11.9 Å². The SMILES string of the molecule is CC(=O)N(C)[C@@H]1CCN(c2ccc([C@H]3CN(c4nc(-c5ccncc5F)cc(=O)n4C)CCO3)cc2)C1. The van der Waals surface area contributed by atoms with Gasteiger partial charge in [0.15, 0.2) is 5.82 Å². The van der Waals surface area contributed by atoms with Crippen molar-refractivity contribution in [3.63, 3.8) is 0 Å². The molecule has 0 radical (unpaired) electrons. The fourth-order valence-corrected chi connectivity index (χ4v) is 5.01. The first-order valence-electron chi connectivity index (χ1n) is 12.4. The molecule has 0 bridgehead atoms. The summed E-state index contributed by atoms with van der Waals surface area (Å²) >= 11 is 0. The first-order chi connectivity index (χ1) is 17.8. The van der Waals surface area contributed by atoms with Gasteiger partial charge in [0.1, 0.15) is 6.10 Å². The summed E-state index contributed by atoms with van der Waals surface area (Å²) in [5, 5.41) is 0. The van der Waals surface area contributed by atoms with Crippen LogP contribution < -0.4 is 15.4 Å². The summed E-state index contributed by atoms with van der Waals surface area (Å²) in [5.74, 6) is 0.0392. The Morgan fingerprint density at radius 1 is 1.14 bits per heavy atom. The monoisotopic (exact) mass is 506 g/mol. The summed E-state index contributed by atoms with van der Waals surface area (Å²) < 4.78 is 21.9. The van der Waals surface area contributed by atoms with Gasteiger partial charge >= 0.3 is 0 Å². The zero-order valence-corrected chi connectivity index (χ0v) is 21.3. The van der Waals surface area contributed by atoms with E-state index in [0.29, 0.717) is 25.6 Å². The Morgan fingerprint density at radius 2 is 1.92 bits per heavy atom. The van der Waals surface area contributed by atoms with Crippen LogP contribution in [0.25, 0.3) is 11.3 Å². The third-order valence-corrected chi connectivity index (χ3v) is 7.35. The second-order valence-electron chi connectivity index (χ2n) is 9.61. The van der Waals surface area contributed by atoms with Crippen molar-refractivity contribution in [3.8, 4) is 11.3 Å². The molecule has 2 atom stereocenters. The zero-order chi connectivity index (χ0) is 26.1. The van der Waals surface area contributed by atoms with Crippen molar-refractivity contribution >= 4 is 17.5 Å². The summed E-state index contributed by atoms with van der Waals surface area (Å²) in [4.78, 5) is 39.0. The van der Waals surface area contributed by atoms with Crippen LogP contribution in [0.5, 0.6) is 0 Å². The molecule has 0 saturated carbocycles. The Labute approximate surface area is 215 Å². The number of amides is 1. The minimum Gasteiger partial charge on any atom is -0.370 e. The van der Waals surface area contributed by atoms with Gasteiger partial charge in [-0.2, -0.15) is 0 Å². The van der Waals surface area contributed by atoms with Gasteiger partial charge in [-0.05, 0) is 30.2 Å². The number of aromatic nitrogens is 3. The molecule has 37 heavy (non-hydrogen) atoms. The largest absolute Gasteiger partial charge is 0.370 e. The van der Waals surface area contributed by atoms with Gasteiger partial charge in [0, 0.05) is 64.2 Å². The van der Waals surface area contributed by atoms with Crippen molar-refractivity contribution in [1.82, 2.24) is 19.4 Å². The second-order valence-corrected chi connectivity index (χ2v) is 9.61. The molecule has 4 heterocycles. The fraction of sp³-hybridized carbons (Fsp3) is 0.407. The van der Waals surface area contributed by atoms with Crippen LogP contribution in [0.1, 0.15) is 25.0 Å². The highest BCUT2D eigenvalue weighted by molar-refractivity contribution is 5.73. The Hall–Kier alpha value is -3.79. The second kappa shape index (κ2) is 10.3. The number of ether oxygens (including phenoxy) is 1. The lowest BCUT2D eigenvalue weighted by Gasteiger charge is -2.34. The molecular weight excluding hydrogens is 475 g/mol. The lowest BCUT2D eigenvalue weighted by atomic mass is 10.1. The number of morpholine rings is 1. The number of benzene rings is 1. The molecule has 0 N–H and O–H groups in total. The maximum Gasteiger partial charge on any atom is 0.255 e. The molecule has 3 aromatic rings. The first-order valence-corrected chi connectivity index (χ1v) is 12.4. The van der Waals surface area contributed by atoms with E-state index in [0.717, 1.165) is 37.0 Å².